The molecule has 2 aliphatic rings. The van der Waals surface area contributed by atoms with E-state index in [4.69, 9.17) is 18.9 Å². The van der Waals surface area contributed by atoms with Crippen LogP contribution in [0.25, 0.3) is 0 Å². The number of methoxy groups -OCH3 is 4. The third kappa shape index (κ3) is 5.69. The van der Waals surface area contributed by atoms with Gasteiger partial charge in [0.1, 0.15) is 0 Å². The molecule has 0 N–H and O–H groups in total. The van der Waals surface area contributed by atoms with Crippen LogP contribution in [0.1, 0.15) is 35.1 Å². The number of benzene rings is 2. The second kappa shape index (κ2) is 12.4. The molecule has 0 saturated carbocycles. The first-order valence-electron chi connectivity index (χ1n) is 9.27. The van der Waals surface area contributed by atoms with Gasteiger partial charge in [-0.15, -0.1) is 35.4 Å². The Morgan fingerprint density at radius 2 is 0.970 bits per heavy atom. The number of aryl methyl sites for hydroxylation is 2. The van der Waals surface area contributed by atoms with Crippen LogP contribution >= 0.6 is 0 Å². The predicted octanol–water partition coefficient (Wildman–Crippen LogP) is 5.21. The number of halogens is 4. The van der Waals surface area contributed by atoms with E-state index in [2.05, 4.69) is 0 Å². The van der Waals surface area contributed by atoms with E-state index >= 15 is 0 Å². The van der Waals surface area contributed by atoms with Gasteiger partial charge >= 0.3 is 21.7 Å². The molecular formula is C24H28F4O4Ti. The summed E-state index contributed by atoms with van der Waals surface area (Å²) in [7, 11) is 5.78. The van der Waals surface area contributed by atoms with Gasteiger partial charge in [0, 0.05) is 51.7 Å². The van der Waals surface area contributed by atoms with E-state index in [0.29, 0.717) is 36.8 Å². The molecule has 0 atom stereocenters. The zero-order valence-corrected chi connectivity index (χ0v) is 21.2. The summed E-state index contributed by atoms with van der Waals surface area (Å²) in [4.78, 5) is 0. The van der Waals surface area contributed by atoms with Crippen molar-refractivity contribution in [2.75, 3.05) is 28.4 Å². The van der Waals surface area contributed by atoms with Gasteiger partial charge in [0.15, 0.2) is 11.6 Å². The first-order valence-corrected chi connectivity index (χ1v) is 9.27. The Labute approximate surface area is 208 Å². The van der Waals surface area contributed by atoms with Crippen LogP contribution in [0.2, 0.25) is 0 Å². The molecule has 0 spiro atoms. The molecule has 0 bridgehead atoms. The molecule has 0 saturated heterocycles. The quantitative estimate of drug-likeness (QED) is 0.248. The summed E-state index contributed by atoms with van der Waals surface area (Å²) in [5.74, 6) is -4.99. The second-order valence-electron chi connectivity index (χ2n) is 6.99. The molecule has 180 valence electrons. The van der Waals surface area contributed by atoms with Crippen molar-refractivity contribution in [1.29, 1.82) is 0 Å². The van der Waals surface area contributed by atoms with Crippen LogP contribution in [0, 0.1) is 50.3 Å². The number of hydrogen-bond acceptors (Lipinski definition) is 4. The molecule has 33 heavy (non-hydrogen) atoms. The first kappa shape index (κ1) is 31.7. The largest absolute Gasteiger partial charge is 4.00 e. The van der Waals surface area contributed by atoms with Crippen LogP contribution in [0.3, 0.4) is 0 Å². The predicted molar refractivity (Wildman–Crippen MR) is 111 cm³/mol. The van der Waals surface area contributed by atoms with E-state index in [0.717, 1.165) is 0 Å². The Kier molecular flexibility index (Phi) is 11.9. The summed E-state index contributed by atoms with van der Waals surface area (Å²) < 4.78 is 73.7. The molecule has 0 aliphatic heterocycles. The fourth-order valence-corrected chi connectivity index (χ4v) is 4.19. The van der Waals surface area contributed by atoms with Gasteiger partial charge in [0.25, 0.3) is 0 Å². The molecule has 9 heteroatoms. The van der Waals surface area contributed by atoms with Crippen molar-refractivity contribution in [3.8, 4) is 0 Å². The summed E-state index contributed by atoms with van der Waals surface area (Å²) in [6.07, 6.45) is 2.06. The fraction of sp³-hybridized carbons (Fsp3) is 0.417. The SMILES string of the molecule is COC1(OC)CCc2cc(F)[c-]c(F)c21.COC1(OC)CCc2cc(F)[c-]c(F)c21.[CH3-].[CH3-].[Ti+4]. The van der Waals surface area contributed by atoms with Gasteiger partial charge in [0.2, 0.25) is 0 Å². The van der Waals surface area contributed by atoms with Crippen molar-refractivity contribution in [1.82, 2.24) is 0 Å². The van der Waals surface area contributed by atoms with Crippen molar-refractivity contribution in [2.24, 2.45) is 0 Å². The molecule has 0 heterocycles. The average molecular weight is 504 g/mol. The third-order valence-corrected chi connectivity index (χ3v) is 5.67. The summed E-state index contributed by atoms with van der Waals surface area (Å²) >= 11 is 0. The Balaban J connectivity index is 0.000000569. The number of fused-ring (bicyclic) bond motifs is 2. The van der Waals surface area contributed by atoms with Crippen LogP contribution in [-0.2, 0) is 65.1 Å². The maximum atomic E-state index is 13.6. The Hall–Kier alpha value is -1.29. The van der Waals surface area contributed by atoms with Crippen LogP contribution in [0.15, 0.2) is 12.1 Å². The molecule has 0 fully saturated rings. The standard InChI is InChI=1S/2C11H11F2O2.2CH3.Ti/c2*1-14-11(15-2)4-3-7-5-8(12)6-9(13)10(7)11;;;/h2*5H,3-4H2,1-2H3;2*1H3;/q4*-1;+4. The van der Waals surface area contributed by atoms with Crippen LogP contribution in [-0.4, -0.2) is 28.4 Å². The van der Waals surface area contributed by atoms with Gasteiger partial charge in [-0.2, -0.15) is 0 Å². The molecule has 2 aliphatic carbocycles. The van der Waals surface area contributed by atoms with E-state index < -0.39 is 34.8 Å². The van der Waals surface area contributed by atoms with E-state index in [1.54, 1.807) is 0 Å². The molecule has 4 nitrogen and oxygen atoms in total. The molecular weight excluding hydrogens is 476 g/mol. The third-order valence-electron chi connectivity index (χ3n) is 5.67. The van der Waals surface area contributed by atoms with E-state index in [9.17, 15) is 17.6 Å². The minimum atomic E-state index is -1.08. The van der Waals surface area contributed by atoms with E-state index in [1.807, 2.05) is 12.1 Å². The molecule has 0 unspecified atom stereocenters. The van der Waals surface area contributed by atoms with Gasteiger partial charge in [-0.25, -0.2) is 17.6 Å². The minimum absolute atomic E-state index is 0. The van der Waals surface area contributed by atoms with Crippen LogP contribution in [0.4, 0.5) is 17.6 Å². The Bertz CT molecular complexity index is 856. The molecule has 0 aromatic heterocycles. The Morgan fingerprint density at radius 1 is 0.667 bits per heavy atom. The number of ether oxygens (including phenoxy) is 4. The molecule has 0 radical (unpaired) electrons. The maximum absolute atomic E-state index is 13.6. The normalized spacial score (nSPS) is 16.2. The van der Waals surface area contributed by atoms with Crippen molar-refractivity contribution in [3.05, 3.63) is 84.6 Å². The van der Waals surface area contributed by atoms with Crippen LogP contribution < -0.4 is 0 Å². The molecule has 2 aromatic rings. The van der Waals surface area contributed by atoms with Gasteiger partial charge < -0.3 is 33.8 Å². The number of rotatable bonds is 4. The molecule has 4 rings (SSSR count). The smallest absolute Gasteiger partial charge is 0.360 e. The summed E-state index contributed by atoms with van der Waals surface area (Å²) in [5.41, 5.74) is 1.72. The summed E-state index contributed by atoms with van der Waals surface area (Å²) in [5, 5.41) is 0. The second-order valence-corrected chi connectivity index (χ2v) is 6.99. The zero-order chi connectivity index (χ0) is 22.1. The van der Waals surface area contributed by atoms with Crippen molar-refractivity contribution < 1.29 is 58.2 Å². The van der Waals surface area contributed by atoms with Crippen molar-refractivity contribution in [2.45, 2.75) is 37.3 Å². The van der Waals surface area contributed by atoms with Crippen molar-refractivity contribution in [3.63, 3.8) is 0 Å². The fourth-order valence-electron chi connectivity index (χ4n) is 4.19. The van der Waals surface area contributed by atoms with Gasteiger partial charge in [0.05, 0.1) is 0 Å². The van der Waals surface area contributed by atoms with Crippen molar-refractivity contribution >= 4 is 0 Å². The monoisotopic (exact) mass is 504 g/mol. The minimum Gasteiger partial charge on any atom is -0.360 e. The maximum Gasteiger partial charge on any atom is 4.00 e. The van der Waals surface area contributed by atoms with Gasteiger partial charge in [-0.05, 0) is 25.7 Å². The first-order chi connectivity index (χ1) is 14.3. The average Bonchev–Trinajstić information content (AvgIpc) is 3.28. The Morgan fingerprint density at radius 3 is 1.24 bits per heavy atom. The van der Waals surface area contributed by atoms with E-state index in [-0.39, 0.29) is 47.7 Å². The van der Waals surface area contributed by atoms with Gasteiger partial charge in [-0.1, -0.05) is 11.1 Å². The molecule has 0 amide bonds. The summed E-state index contributed by atoms with van der Waals surface area (Å²) in [6.45, 7) is 0. The topological polar surface area (TPSA) is 36.9 Å². The molecule has 2 aromatic carbocycles. The van der Waals surface area contributed by atoms with E-state index in [1.165, 1.54) is 40.6 Å². The number of hydrogen-bond donors (Lipinski definition) is 0. The zero-order valence-electron chi connectivity index (χ0n) is 19.6. The van der Waals surface area contributed by atoms with Gasteiger partial charge in [-0.3, -0.25) is 0 Å². The summed E-state index contributed by atoms with van der Waals surface area (Å²) in [6, 6.07) is 6.55. The van der Waals surface area contributed by atoms with Crippen LogP contribution in [0.5, 0.6) is 0 Å².